The highest BCUT2D eigenvalue weighted by atomic mass is 79.9. The van der Waals surface area contributed by atoms with Crippen molar-refractivity contribution in [3.8, 4) is 0 Å². The van der Waals surface area contributed by atoms with E-state index in [-0.39, 0.29) is 12.3 Å². The number of carboxylic acid groups (broad SMARTS) is 1. The van der Waals surface area contributed by atoms with Crippen LogP contribution in [0.25, 0.3) is 11.2 Å². The maximum absolute atomic E-state index is 11.4. The summed E-state index contributed by atoms with van der Waals surface area (Å²) in [6, 6.07) is 1.75. The first-order valence-electron chi connectivity index (χ1n) is 5.44. The molecule has 0 aliphatic rings. The maximum Gasteiger partial charge on any atom is 0.325 e. The first kappa shape index (κ1) is 14.8. The van der Waals surface area contributed by atoms with Gasteiger partial charge in [-0.2, -0.15) is 0 Å². The lowest BCUT2D eigenvalue weighted by Gasteiger charge is -2.05. The van der Waals surface area contributed by atoms with Crippen molar-refractivity contribution in [1.29, 1.82) is 0 Å². The Labute approximate surface area is 126 Å². The Bertz CT molecular complexity index is 673. The maximum atomic E-state index is 11.4. The van der Waals surface area contributed by atoms with E-state index in [2.05, 4.69) is 30.6 Å². The van der Waals surface area contributed by atoms with Gasteiger partial charge < -0.3 is 9.84 Å². The summed E-state index contributed by atoms with van der Waals surface area (Å²) in [5.74, 6) is -1.56. The largest absolute Gasteiger partial charge is 0.481 e. The Morgan fingerprint density at radius 3 is 2.95 bits per heavy atom. The summed E-state index contributed by atoms with van der Waals surface area (Å²) < 4.78 is 6.92. The van der Waals surface area contributed by atoms with Gasteiger partial charge in [0.2, 0.25) is 0 Å². The minimum Gasteiger partial charge on any atom is -0.481 e. The fourth-order valence-corrected chi connectivity index (χ4v) is 2.58. The van der Waals surface area contributed by atoms with E-state index in [0.29, 0.717) is 16.3 Å². The SMILES string of the molecule is COC(=O)Cn1c(SCC(=O)O)nc2cc(Br)cnc21. The number of aliphatic carboxylic acids is 1. The van der Waals surface area contributed by atoms with Crippen LogP contribution < -0.4 is 0 Å². The van der Waals surface area contributed by atoms with Gasteiger partial charge in [-0.3, -0.25) is 14.2 Å². The number of aromatic nitrogens is 3. The summed E-state index contributed by atoms with van der Waals surface area (Å²) in [4.78, 5) is 30.6. The van der Waals surface area contributed by atoms with Gasteiger partial charge in [-0.15, -0.1) is 0 Å². The molecule has 0 aromatic carbocycles. The molecule has 106 valence electrons. The van der Waals surface area contributed by atoms with E-state index < -0.39 is 11.9 Å². The van der Waals surface area contributed by atoms with Crippen molar-refractivity contribution in [3.05, 3.63) is 16.7 Å². The molecular formula is C11H10BrN3O4S. The molecule has 2 rings (SSSR count). The number of imidazole rings is 1. The Kier molecular flexibility index (Phi) is 4.61. The third kappa shape index (κ3) is 3.28. The molecule has 0 fully saturated rings. The van der Waals surface area contributed by atoms with Crippen molar-refractivity contribution in [1.82, 2.24) is 14.5 Å². The van der Waals surface area contributed by atoms with Crippen LogP contribution in [0.15, 0.2) is 21.9 Å². The number of pyridine rings is 1. The minimum atomic E-state index is -0.958. The lowest BCUT2D eigenvalue weighted by Crippen LogP contribution is -2.13. The zero-order chi connectivity index (χ0) is 14.7. The van der Waals surface area contributed by atoms with Gasteiger partial charge in [0.15, 0.2) is 10.8 Å². The minimum absolute atomic E-state index is 0.0659. The molecule has 1 N–H and O–H groups in total. The van der Waals surface area contributed by atoms with E-state index in [1.165, 1.54) is 7.11 Å². The van der Waals surface area contributed by atoms with Crippen molar-refractivity contribution in [2.24, 2.45) is 0 Å². The van der Waals surface area contributed by atoms with E-state index in [4.69, 9.17) is 5.11 Å². The summed E-state index contributed by atoms with van der Waals surface area (Å²) in [5.41, 5.74) is 1.09. The number of thioether (sulfide) groups is 1. The van der Waals surface area contributed by atoms with Gasteiger partial charge in [-0.05, 0) is 22.0 Å². The molecule has 0 amide bonds. The molecule has 0 aliphatic heterocycles. The quantitative estimate of drug-likeness (QED) is 0.638. The second-order valence-corrected chi connectivity index (χ2v) is 5.59. The van der Waals surface area contributed by atoms with Crippen LogP contribution in [0.5, 0.6) is 0 Å². The lowest BCUT2D eigenvalue weighted by molar-refractivity contribution is -0.141. The van der Waals surface area contributed by atoms with Crippen LogP contribution in [0.3, 0.4) is 0 Å². The Morgan fingerprint density at radius 1 is 1.55 bits per heavy atom. The van der Waals surface area contributed by atoms with Crippen LogP contribution in [0, 0.1) is 0 Å². The Balaban J connectivity index is 2.44. The normalized spacial score (nSPS) is 10.7. The number of carboxylic acids is 1. The first-order chi connectivity index (χ1) is 9.51. The molecule has 7 nitrogen and oxygen atoms in total. The van der Waals surface area contributed by atoms with E-state index in [9.17, 15) is 9.59 Å². The molecule has 2 heterocycles. The topological polar surface area (TPSA) is 94.3 Å². The summed E-state index contributed by atoms with van der Waals surface area (Å²) in [7, 11) is 1.29. The van der Waals surface area contributed by atoms with Gasteiger partial charge >= 0.3 is 11.9 Å². The van der Waals surface area contributed by atoms with Crippen LogP contribution in [-0.2, 0) is 20.9 Å². The molecule has 2 aromatic rings. The second-order valence-electron chi connectivity index (χ2n) is 3.74. The lowest BCUT2D eigenvalue weighted by atomic mass is 10.4. The predicted octanol–water partition coefficient (Wildman–Crippen LogP) is 1.54. The summed E-state index contributed by atoms with van der Waals surface area (Å²) >= 11 is 4.32. The molecule has 0 bridgehead atoms. The molecule has 0 spiro atoms. The van der Waals surface area contributed by atoms with Crippen molar-refractivity contribution in [2.45, 2.75) is 11.7 Å². The molecule has 20 heavy (non-hydrogen) atoms. The van der Waals surface area contributed by atoms with Crippen molar-refractivity contribution in [2.75, 3.05) is 12.9 Å². The predicted molar refractivity (Wildman–Crippen MR) is 75.6 cm³/mol. The highest BCUT2D eigenvalue weighted by Crippen LogP contribution is 2.24. The number of hydrogen-bond donors (Lipinski definition) is 1. The number of halogens is 1. The standard InChI is InChI=1S/C11H10BrN3O4S/c1-19-9(18)4-15-10-7(2-6(12)3-13-10)14-11(15)20-5-8(16)17/h2-3H,4-5H2,1H3,(H,16,17). The molecule has 0 unspecified atom stereocenters. The Morgan fingerprint density at radius 2 is 2.30 bits per heavy atom. The average Bonchev–Trinajstić information content (AvgIpc) is 2.73. The van der Waals surface area contributed by atoms with E-state index in [1.807, 2.05) is 0 Å². The number of methoxy groups -OCH3 is 1. The van der Waals surface area contributed by atoms with Crippen molar-refractivity contribution in [3.63, 3.8) is 0 Å². The van der Waals surface area contributed by atoms with Crippen LogP contribution in [0.1, 0.15) is 0 Å². The fourth-order valence-electron chi connectivity index (χ4n) is 1.54. The van der Waals surface area contributed by atoms with Crippen LogP contribution in [0.2, 0.25) is 0 Å². The molecule has 0 aliphatic carbocycles. The van der Waals surface area contributed by atoms with Crippen molar-refractivity contribution >= 4 is 50.8 Å². The molecule has 9 heteroatoms. The summed E-state index contributed by atoms with van der Waals surface area (Å²) in [6.07, 6.45) is 1.59. The van der Waals surface area contributed by atoms with Gasteiger partial charge in [0.1, 0.15) is 12.1 Å². The van der Waals surface area contributed by atoms with E-state index >= 15 is 0 Å². The van der Waals surface area contributed by atoms with E-state index in [1.54, 1.807) is 16.8 Å². The number of nitrogens with zero attached hydrogens (tertiary/aromatic N) is 3. The monoisotopic (exact) mass is 359 g/mol. The summed E-state index contributed by atoms with van der Waals surface area (Å²) in [5, 5.41) is 9.16. The van der Waals surface area contributed by atoms with Gasteiger partial charge in [0, 0.05) is 10.7 Å². The molecule has 2 aromatic heterocycles. The zero-order valence-electron chi connectivity index (χ0n) is 10.4. The number of carbonyl (C=O) groups excluding carboxylic acids is 1. The zero-order valence-corrected chi connectivity index (χ0v) is 12.8. The van der Waals surface area contributed by atoms with Crippen LogP contribution in [0.4, 0.5) is 0 Å². The second kappa shape index (κ2) is 6.23. The number of carbonyl (C=O) groups is 2. The van der Waals surface area contributed by atoms with Crippen LogP contribution in [-0.4, -0.2) is 44.4 Å². The third-order valence-corrected chi connectivity index (χ3v) is 3.75. The van der Waals surface area contributed by atoms with Crippen LogP contribution >= 0.6 is 27.7 Å². The number of esters is 1. The third-order valence-electron chi connectivity index (χ3n) is 2.36. The van der Waals surface area contributed by atoms with Crippen molar-refractivity contribution < 1.29 is 19.4 Å². The van der Waals surface area contributed by atoms with Gasteiger partial charge in [0.25, 0.3) is 0 Å². The van der Waals surface area contributed by atoms with Gasteiger partial charge in [0.05, 0.1) is 12.9 Å². The number of ether oxygens (including phenoxy) is 1. The number of rotatable bonds is 5. The average molecular weight is 360 g/mol. The van der Waals surface area contributed by atoms with E-state index in [0.717, 1.165) is 16.2 Å². The number of hydrogen-bond acceptors (Lipinski definition) is 6. The molecular weight excluding hydrogens is 350 g/mol. The smallest absolute Gasteiger partial charge is 0.325 e. The number of fused-ring (bicyclic) bond motifs is 1. The Hall–Kier alpha value is -1.61. The van der Waals surface area contributed by atoms with Gasteiger partial charge in [-0.1, -0.05) is 11.8 Å². The molecule has 0 saturated heterocycles. The molecule has 0 atom stereocenters. The highest BCUT2D eigenvalue weighted by molar-refractivity contribution is 9.10. The molecule has 0 saturated carbocycles. The molecule has 0 radical (unpaired) electrons. The highest BCUT2D eigenvalue weighted by Gasteiger charge is 2.16. The van der Waals surface area contributed by atoms with Gasteiger partial charge in [-0.25, -0.2) is 9.97 Å². The fraction of sp³-hybridized carbons (Fsp3) is 0.273. The first-order valence-corrected chi connectivity index (χ1v) is 7.22. The summed E-state index contributed by atoms with van der Waals surface area (Å²) in [6.45, 7) is -0.0659.